The molecule has 0 spiro atoms. The van der Waals surface area contributed by atoms with E-state index in [1.807, 2.05) is 13.8 Å². The van der Waals surface area contributed by atoms with Crippen molar-refractivity contribution in [2.75, 3.05) is 6.61 Å². The fourth-order valence-electron chi connectivity index (χ4n) is 7.32. The SMILES string of the molecule is C[C@H](CCCC(C)(C)O)C1CCC2/C(=C/C3OOCC4=C3C[C@@H](O)CC4)CCCC21C. The molecule has 0 radical (unpaired) electrons. The molecular weight excluding hydrogens is 388 g/mol. The van der Waals surface area contributed by atoms with E-state index in [0.717, 1.165) is 38.0 Å². The van der Waals surface area contributed by atoms with Gasteiger partial charge < -0.3 is 10.2 Å². The van der Waals surface area contributed by atoms with Crippen LogP contribution in [0.2, 0.25) is 0 Å². The molecule has 6 atom stereocenters. The van der Waals surface area contributed by atoms with Gasteiger partial charge in [0.2, 0.25) is 0 Å². The highest BCUT2D eigenvalue weighted by molar-refractivity contribution is 5.31. The van der Waals surface area contributed by atoms with Crippen molar-refractivity contribution in [1.82, 2.24) is 0 Å². The molecule has 0 amide bonds. The zero-order valence-electron chi connectivity index (χ0n) is 20.2. The molecule has 2 fully saturated rings. The van der Waals surface area contributed by atoms with E-state index in [1.54, 1.807) is 5.57 Å². The number of allylic oxidation sites excluding steroid dienone is 1. The van der Waals surface area contributed by atoms with Crippen molar-refractivity contribution in [3.05, 3.63) is 22.8 Å². The maximum absolute atomic E-state index is 10.2. The summed E-state index contributed by atoms with van der Waals surface area (Å²) in [6, 6.07) is 0. The van der Waals surface area contributed by atoms with Crippen LogP contribution in [0.5, 0.6) is 0 Å². The molecule has 1 aliphatic heterocycles. The molecule has 176 valence electrons. The van der Waals surface area contributed by atoms with Gasteiger partial charge in [0, 0.05) is 0 Å². The summed E-state index contributed by atoms with van der Waals surface area (Å²) in [5.41, 5.74) is 4.02. The Morgan fingerprint density at radius 3 is 2.81 bits per heavy atom. The van der Waals surface area contributed by atoms with Gasteiger partial charge in [0.15, 0.2) is 0 Å². The quantitative estimate of drug-likeness (QED) is 0.406. The van der Waals surface area contributed by atoms with Crippen LogP contribution >= 0.6 is 0 Å². The van der Waals surface area contributed by atoms with Crippen LogP contribution in [0.4, 0.5) is 0 Å². The van der Waals surface area contributed by atoms with Crippen molar-refractivity contribution in [3.8, 4) is 0 Å². The van der Waals surface area contributed by atoms with Crippen LogP contribution in [0, 0.1) is 23.2 Å². The van der Waals surface area contributed by atoms with E-state index in [0.29, 0.717) is 23.9 Å². The van der Waals surface area contributed by atoms with E-state index >= 15 is 0 Å². The molecule has 0 aromatic rings. The maximum Gasteiger partial charge on any atom is 0.133 e. The number of rotatable bonds is 6. The first-order valence-corrected chi connectivity index (χ1v) is 12.8. The zero-order chi connectivity index (χ0) is 22.2. The van der Waals surface area contributed by atoms with Crippen LogP contribution in [0.15, 0.2) is 22.8 Å². The van der Waals surface area contributed by atoms with E-state index in [2.05, 4.69) is 19.9 Å². The largest absolute Gasteiger partial charge is 0.393 e. The second kappa shape index (κ2) is 9.29. The van der Waals surface area contributed by atoms with Crippen LogP contribution in [0.3, 0.4) is 0 Å². The molecule has 4 heteroatoms. The minimum atomic E-state index is -0.551. The van der Waals surface area contributed by atoms with Gasteiger partial charge in [-0.3, -0.25) is 0 Å². The summed E-state index contributed by atoms with van der Waals surface area (Å²) < 4.78 is 0. The summed E-state index contributed by atoms with van der Waals surface area (Å²) in [4.78, 5) is 11.3. The normalized spacial score (nSPS) is 38.8. The Hall–Kier alpha value is -0.680. The van der Waals surface area contributed by atoms with Crippen molar-refractivity contribution < 1.29 is 20.0 Å². The molecule has 0 aromatic heterocycles. The molecule has 0 bridgehead atoms. The Morgan fingerprint density at radius 2 is 2.03 bits per heavy atom. The Labute approximate surface area is 189 Å². The Bertz CT molecular complexity index is 703. The molecule has 3 aliphatic carbocycles. The lowest BCUT2D eigenvalue weighted by atomic mass is 9.60. The molecule has 0 saturated heterocycles. The van der Waals surface area contributed by atoms with E-state index in [4.69, 9.17) is 9.78 Å². The van der Waals surface area contributed by atoms with Crippen LogP contribution < -0.4 is 0 Å². The molecule has 4 unspecified atom stereocenters. The van der Waals surface area contributed by atoms with E-state index in [1.165, 1.54) is 49.7 Å². The number of hydrogen-bond donors (Lipinski definition) is 2. The van der Waals surface area contributed by atoms with E-state index < -0.39 is 5.60 Å². The van der Waals surface area contributed by atoms with Gasteiger partial charge >= 0.3 is 0 Å². The first kappa shape index (κ1) is 23.5. The second-order valence-corrected chi connectivity index (χ2v) is 11.8. The number of hydrogen-bond acceptors (Lipinski definition) is 4. The maximum atomic E-state index is 10.2. The molecule has 1 heterocycles. The van der Waals surface area contributed by atoms with Crippen LogP contribution in [-0.2, 0) is 9.78 Å². The Kier molecular flexibility index (Phi) is 7.03. The number of fused-ring (bicyclic) bond motifs is 1. The fraction of sp³-hybridized carbons (Fsp3) is 0.852. The average Bonchev–Trinajstić information content (AvgIpc) is 3.05. The monoisotopic (exact) mass is 432 g/mol. The Morgan fingerprint density at radius 1 is 1.23 bits per heavy atom. The lowest BCUT2D eigenvalue weighted by Gasteiger charge is -2.45. The molecule has 0 aromatic carbocycles. The molecule has 4 aliphatic rings. The highest BCUT2D eigenvalue weighted by atomic mass is 17.2. The van der Waals surface area contributed by atoms with Gasteiger partial charge in [-0.25, -0.2) is 9.78 Å². The molecule has 2 saturated carbocycles. The van der Waals surface area contributed by atoms with Gasteiger partial charge in [-0.15, -0.1) is 0 Å². The summed E-state index contributed by atoms with van der Waals surface area (Å²) in [5, 5.41) is 20.3. The average molecular weight is 433 g/mol. The van der Waals surface area contributed by atoms with Crippen molar-refractivity contribution in [1.29, 1.82) is 0 Å². The molecule has 4 nitrogen and oxygen atoms in total. The van der Waals surface area contributed by atoms with Crippen LogP contribution in [-0.4, -0.2) is 34.6 Å². The highest BCUT2D eigenvalue weighted by Gasteiger charge is 2.50. The van der Waals surface area contributed by atoms with Gasteiger partial charge in [0.25, 0.3) is 0 Å². The number of aliphatic hydroxyl groups is 2. The Balaban J connectivity index is 1.47. The van der Waals surface area contributed by atoms with Crippen molar-refractivity contribution in [2.24, 2.45) is 23.2 Å². The first-order valence-electron chi connectivity index (χ1n) is 12.8. The van der Waals surface area contributed by atoms with Gasteiger partial charge in [-0.1, -0.05) is 32.3 Å². The summed E-state index contributed by atoms with van der Waals surface area (Å²) in [6.45, 7) is 9.40. The first-order chi connectivity index (χ1) is 14.7. The van der Waals surface area contributed by atoms with E-state index in [9.17, 15) is 10.2 Å². The molecular formula is C27H44O4. The molecule has 2 N–H and O–H groups in total. The summed E-state index contributed by atoms with van der Waals surface area (Å²) in [6.07, 6.45) is 14.1. The third kappa shape index (κ3) is 5.13. The van der Waals surface area contributed by atoms with Gasteiger partial charge in [0.05, 0.1) is 11.7 Å². The van der Waals surface area contributed by atoms with Crippen molar-refractivity contribution in [3.63, 3.8) is 0 Å². The topological polar surface area (TPSA) is 58.9 Å². The fourth-order valence-corrected chi connectivity index (χ4v) is 7.32. The lowest BCUT2D eigenvalue weighted by Crippen LogP contribution is -2.37. The lowest BCUT2D eigenvalue weighted by molar-refractivity contribution is -0.310. The van der Waals surface area contributed by atoms with Gasteiger partial charge in [-0.05, 0) is 112 Å². The molecule has 4 rings (SSSR count). The van der Waals surface area contributed by atoms with E-state index in [-0.39, 0.29) is 12.2 Å². The summed E-state index contributed by atoms with van der Waals surface area (Å²) in [7, 11) is 0. The van der Waals surface area contributed by atoms with Crippen molar-refractivity contribution >= 4 is 0 Å². The predicted molar refractivity (Wildman–Crippen MR) is 123 cm³/mol. The standard InChI is InChI=1S/C27H44O4/c1-18(7-5-13-26(2,3)29)23-11-12-24-19(8-6-14-27(23,24)4)15-25-22-16-21(28)10-9-20(22)17-30-31-25/h15,18,21,23-25,28-29H,5-14,16-17H2,1-4H3/b19-15+/t18-,21+,23?,24?,25?,27?/m1/s1. The van der Waals surface area contributed by atoms with Gasteiger partial charge in [0.1, 0.15) is 12.7 Å². The zero-order valence-corrected chi connectivity index (χ0v) is 20.2. The third-order valence-corrected chi connectivity index (χ3v) is 8.98. The number of aliphatic hydroxyl groups excluding tert-OH is 1. The van der Waals surface area contributed by atoms with Crippen molar-refractivity contribution in [2.45, 2.75) is 116 Å². The second-order valence-electron chi connectivity index (χ2n) is 11.8. The molecule has 31 heavy (non-hydrogen) atoms. The van der Waals surface area contributed by atoms with Crippen LogP contribution in [0.25, 0.3) is 0 Å². The predicted octanol–water partition coefficient (Wildman–Crippen LogP) is 5.88. The summed E-state index contributed by atoms with van der Waals surface area (Å²) in [5.74, 6) is 2.11. The van der Waals surface area contributed by atoms with Gasteiger partial charge in [-0.2, -0.15) is 0 Å². The minimum Gasteiger partial charge on any atom is -0.393 e. The highest BCUT2D eigenvalue weighted by Crippen LogP contribution is 2.60. The third-order valence-electron chi connectivity index (χ3n) is 8.98. The smallest absolute Gasteiger partial charge is 0.133 e. The van der Waals surface area contributed by atoms with Crippen LogP contribution in [0.1, 0.15) is 98.3 Å². The minimum absolute atomic E-state index is 0.112. The summed E-state index contributed by atoms with van der Waals surface area (Å²) >= 11 is 0.